The fraction of sp³-hybridized carbons (Fsp3) is 0.333. The molecule has 0 bridgehead atoms. The number of nitrogens with one attached hydrogen (secondary N) is 1. The molecule has 10 heteroatoms. The van der Waals surface area contributed by atoms with E-state index in [1.165, 1.54) is 31.2 Å². The van der Waals surface area contributed by atoms with Crippen LogP contribution in [0.4, 0.5) is 8.78 Å². The fourth-order valence-electron chi connectivity index (χ4n) is 3.22. The van der Waals surface area contributed by atoms with Crippen molar-refractivity contribution in [3.8, 4) is 0 Å². The van der Waals surface area contributed by atoms with E-state index in [1.807, 2.05) is 0 Å². The molecule has 1 fully saturated rings. The third-order valence-electron chi connectivity index (χ3n) is 4.98. The second-order valence-electron chi connectivity index (χ2n) is 7.22. The van der Waals surface area contributed by atoms with Crippen LogP contribution in [0.1, 0.15) is 30.1 Å². The molecule has 0 saturated carbocycles. The molecule has 0 aliphatic carbocycles. The number of nitrogens with zero attached hydrogens (tertiary/aromatic N) is 1. The number of amides is 1. The van der Waals surface area contributed by atoms with Gasteiger partial charge in [0.2, 0.25) is 15.9 Å². The Bertz CT molecular complexity index is 1070. The van der Waals surface area contributed by atoms with E-state index in [1.54, 1.807) is 4.90 Å². The largest absolute Gasteiger partial charge is 0.342 e. The lowest BCUT2D eigenvalue weighted by Gasteiger charge is -2.32. The summed E-state index contributed by atoms with van der Waals surface area (Å²) < 4.78 is 54.5. The van der Waals surface area contributed by atoms with Crippen molar-refractivity contribution < 1.29 is 26.8 Å². The maximum absolute atomic E-state index is 14.1. The predicted octanol–water partition coefficient (Wildman–Crippen LogP) is 3.23. The van der Waals surface area contributed by atoms with Crippen molar-refractivity contribution in [3.05, 3.63) is 59.7 Å². The van der Waals surface area contributed by atoms with Crippen molar-refractivity contribution in [3.63, 3.8) is 0 Å². The summed E-state index contributed by atoms with van der Waals surface area (Å²) in [7, 11) is -3.77. The van der Waals surface area contributed by atoms with Crippen molar-refractivity contribution >= 4 is 33.5 Å². The molecule has 31 heavy (non-hydrogen) atoms. The Balaban J connectivity index is 1.49. The van der Waals surface area contributed by atoms with Gasteiger partial charge in [-0.2, -0.15) is 0 Å². The maximum atomic E-state index is 14.1. The lowest BCUT2D eigenvalue weighted by atomic mass is 10.1. The zero-order valence-corrected chi connectivity index (χ0v) is 18.4. The summed E-state index contributed by atoms with van der Waals surface area (Å²) in [6.45, 7) is 2.11. The third-order valence-corrected chi connectivity index (χ3v) is 7.55. The summed E-state index contributed by atoms with van der Waals surface area (Å²) in [5.41, 5.74) is 0.276. The van der Waals surface area contributed by atoms with Crippen LogP contribution in [0.2, 0.25) is 0 Å². The average molecular weight is 469 g/mol. The van der Waals surface area contributed by atoms with Crippen molar-refractivity contribution in [1.29, 1.82) is 0 Å². The molecule has 0 radical (unpaired) electrons. The first-order valence-corrected chi connectivity index (χ1v) is 12.1. The number of hydrogen-bond acceptors (Lipinski definition) is 5. The second kappa shape index (κ2) is 9.88. The summed E-state index contributed by atoms with van der Waals surface area (Å²) in [5.74, 6) is -1.41. The third kappa shape index (κ3) is 6.11. The molecule has 1 aliphatic heterocycles. The van der Waals surface area contributed by atoms with Crippen LogP contribution in [0.3, 0.4) is 0 Å². The van der Waals surface area contributed by atoms with Gasteiger partial charge in [-0.3, -0.25) is 9.59 Å². The van der Waals surface area contributed by atoms with Gasteiger partial charge < -0.3 is 4.90 Å². The number of thioether (sulfide) groups is 1. The van der Waals surface area contributed by atoms with Gasteiger partial charge in [-0.25, -0.2) is 21.9 Å². The molecule has 2 aromatic rings. The zero-order chi connectivity index (χ0) is 22.6. The van der Waals surface area contributed by atoms with E-state index < -0.39 is 21.7 Å². The molecule has 1 aliphatic rings. The van der Waals surface area contributed by atoms with Gasteiger partial charge in [-0.05, 0) is 56.2 Å². The molecular weight excluding hydrogens is 446 g/mol. The molecule has 166 valence electrons. The van der Waals surface area contributed by atoms with Crippen LogP contribution in [0.25, 0.3) is 0 Å². The zero-order valence-electron chi connectivity index (χ0n) is 16.8. The monoisotopic (exact) mass is 468 g/mol. The van der Waals surface area contributed by atoms with Crippen LogP contribution in [-0.2, 0) is 14.8 Å². The number of Topliss-reactive ketones (excluding diaryl/α,β-unsaturated/α-hetero) is 1. The molecule has 0 spiro atoms. The molecule has 1 N–H and O–H groups in total. The second-order valence-corrected chi connectivity index (χ2v) is 9.95. The highest BCUT2D eigenvalue weighted by atomic mass is 32.2. The smallest absolute Gasteiger partial charge is 0.240 e. The van der Waals surface area contributed by atoms with Gasteiger partial charge >= 0.3 is 0 Å². The molecule has 3 rings (SSSR count). The van der Waals surface area contributed by atoms with Crippen LogP contribution in [-0.4, -0.2) is 49.9 Å². The Labute approximate surface area is 184 Å². The van der Waals surface area contributed by atoms with Crippen molar-refractivity contribution in [2.45, 2.75) is 35.6 Å². The minimum Gasteiger partial charge on any atom is -0.342 e. The van der Waals surface area contributed by atoms with Gasteiger partial charge in [0.25, 0.3) is 0 Å². The molecular formula is C21H22F2N2O4S2. The Morgan fingerprint density at radius 2 is 1.74 bits per heavy atom. The first-order chi connectivity index (χ1) is 14.7. The van der Waals surface area contributed by atoms with E-state index in [-0.39, 0.29) is 33.9 Å². The summed E-state index contributed by atoms with van der Waals surface area (Å²) >= 11 is 1.06. The van der Waals surface area contributed by atoms with Gasteiger partial charge in [-0.15, -0.1) is 11.8 Å². The fourth-order valence-corrected chi connectivity index (χ4v) is 5.34. The van der Waals surface area contributed by atoms with E-state index in [9.17, 15) is 26.8 Å². The van der Waals surface area contributed by atoms with Crippen LogP contribution >= 0.6 is 11.8 Å². The number of piperidine rings is 1. The van der Waals surface area contributed by atoms with Gasteiger partial charge in [0, 0.05) is 29.6 Å². The number of ketones is 1. The lowest BCUT2D eigenvalue weighted by molar-refractivity contribution is -0.129. The summed E-state index contributed by atoms with van der Waals surface area (Å²) in [4.78, 5) is 25.7. The molecule has 1 saturated heterocycles. The SMILES string of the molecule is CC(=O)c1ccc(SCC(=O)N2CCC(NS(=O)(=O)c3ccc(F)cc3)CC2)c(F)c1. The Hall–Kier alpha value is -2.30. The van der Waals surface area contributed by atoms with E-state index in [0.717, 1.165) is 30.0 Å². The first kappa shape index (κ1) is 23.4. The highest BCUT2D eigenvalue weighted by Gasteiger charge is 2.27. The Morgan fingerprint density at radius 3 is 2.32 bits per heavy atom. The molecule has 0 aromatic heterocycles. The minimum atomic E-state index is -3.77. The average Bonchev–Trinajstić information content (AvgIpc) is 2.73. The predicted molar refractivity (Wildman–Crippen MR) is 113 cm³/mol. The highest BCUT2D eigenvalue weighted by molar-refractivity contribution is 8.00. The number of rotatable bonds is 7. The van der Waals surface area contributed by atoms with Crippen LogP contribution in [0.15, 0.2) is 52.3 Å². The number of halogens is 2. The topological polar surface area (TPSA) is 83.6 Å². The molecule has 1 heterocycles. The van der Waals surface area contributed by atoms with E-state index >= 15 is 0 Å². The number of benzene rings is 2. The van der Waals surface area contributed by atoms with Gasteiger partial charge in [0.1, 0.15) is 11.6 Å². The van der Waals surface area contributed by atoms with Crippen molar-refractivity contribution in [1.82, 2.24) is 9.62 Å². The van der Waals surface area contributed by atoms with Gasteiger partial charge in [0.15, 0.2) is 5.78 Å². The van der Waals surface area contributed by atoms with E-state index in [0.29, 0.717) is 30.8 Å². The Kier molecular flexibility index (Phi) is 7.45. The summed E-state index contributed by atoms with van der Waals surface area (Å²) in [5, 5.41) is 0. The summed E-state index contributed by atoms with van der Waals surface area (Å²) in [6, 6.07) is 8.42. The molecule has 0 unspecified atom stereocenters. The standard InChI is InChI=1S/C21H22F2N2O4S2/c1-14(26)15-2-7-20(19(23)12-15)30-13-21(27)25-10-8-17(9-11-25)24-31(28,29)18-5-3-16(22)4-6-18/h2-7,12,17,24H,8-11,13H2,1H3. The van der Waals surface area contributed by atoms with Crippen molar-refractivity contribution in [2.24, 2.45) is 0 Å². The first-order valence-electron chi connectivity index (χ1n) is 9.64. The summed E-state index contributed by atoms with van der Waals surface area (Å²) in [6.07, 6.45) is 0.886. The lowest BCUT2D eigenvalue weighted by Crippen LogP contribution is -2.47. The Morgan fingerprint density at radius 1 is 1.10 bits per heavy atom. The molecule has 2 aromatic carbocycles. The van der Waals surface area contributed by atoms with Crippen LogP contribution < -0.4 is 4.72 Å². The van der Waals surface area contributed by atoms with Crippen molar-refractivity contribution in [2.75, 3.05) is 18.8 Å². The number of carbonyl (C=O) groups excluding carboxylic acids is 2. The van der Waals surface area contributed by atoms with Gasteiger partial charge in [0.05, 0.1) is 10.6 Å². The van der Waals surface area contributed by atoms with Crippen LogP contribution in [0, 0.1) is 11.6 Å². The van der Waals surface area contributed by atoms with E-state index in [4.69, 9.17) is 0 Å². The number of sulfonamides is 1. The molecule has 1 amide bonds. The van der Waals surface area contributed by atoms with Crippen LogP contribution in [0.5, 0.6) is 0 Å². The quantitative estimate of drug-likeness (QED) is 0.498. The number of carbonyl (C=O) groups is 2. The number of hydrogen-bond donors (Lipinski definition) is 1. The normalized spacial score (nSPS) is 15.1. The maximum Gasteiger partial charge on any atom is 0.240 e. The molecule has 0 atom stereocenters. The minimum absolute atomic E-state index is 0.0124. The van der Waals surface area contributed by atoms with Gasteiger partial charge in [-0.1, -0.05) is 6.07 Å². The highest BCUT2D eigenvalue weighted by Crippen LogP contribution is 2.24. The van der Waals surface area contributed by atoms with E-state index in [2.05, 4.69) is 4.72 Å². The number of likely N-dealkylation sites (tertiary alicyclic amines) is 1. The molecule has 6 nitrogen and oxygen atoms in total.